The van der Waals surface area contributed by atoms with Crippen LogP contribution < -0.4 is 0 Å². The van der Waals surface area contributed by atoms with Gasteiger partial charge in [0, 0.05) is 12.1 Å². The van der Waals surface area contributed by atoms with Gasteiger partial charge in [0.1, 0.15) is 17.7 Å². The highest BCUT2D eigenvalue weighted by Gasteiger charge is 2.55. The number of amides is 1. The number of nitrogens with zero attached hydrogens (tertiary/aromatic N) is 3. The third-order valence-electron chi connectivity index (χ3n) is 6.35. The van der Waals surface area contributed by atoms with E-state index in [-0.39, 0.29) is 18.0 Å². The Morgan fingerprint density at radius 1 is 1.12 bits per heavy atom. The third-order valence-corrected chi connectivity index (χ3v) is 10.4. The number of thiazole rings is 1. The lowest BCUT2D eigenvalue weighted by Gasteiger charge is -2.48. The Morgan fingerprint density at radius 2 is 1.80 bits per heavy atom. The summed E-state index contributed by atoms with van der Waals surface area (Å²) in [6.45, 7) is 1.04. The van der Waals surface area contributed by atoms with Gasteiger partial charge in [0.15, 0.2) is 10.0 Å². The minimum absolute atomic E-state index is 0.105. The van der Waals surface area contributed by atoms with Crippen LogP contribution in [0.2, 0.25) is 0 Å². The molecule has 5 rings (SSSR count). The average molecular weight is 610 g/mol. The van der Waals surface area contributed by atoms with Gasteiger partial charge in [-0.1, -0.05) is 53.3 Å². The maximum Gasteiger partial charge on any atom is 0.358 e. The first-order chi connectivity index (χ1) is 19.7. The van der Waals surface area contributed by atoms with Gasteiger partial charge in [0.05, 0.1) is 27.2 Å². The molecule has 1 aromatic heterocycles. The molecular weight excluding hydrogens is 587 g/mol. The topological polar surface area (TPSA) is 143 Å². The molecule has 210 valence electrons. The molecule has 0 spiro atoms. The van der Waals surface area contributed by atoms with Crippen molar-refractivity contribution in [1.82, 2.24) is 9.88 Å². The van der Waals surface area contributed by atoms with Crippen molar-refractivity contribution in [2.45, 2.75) is 29.3 Å². The number of ether oxygens (including phenoxy) is 1. The summed E-state index contributed by atoms with van der Waals surface area (Å²) < 4.78 is 7.11. The summed E-state index contributed by atoms with van der Waals surface area (Å²) in [5.74, 6) is -2.81. The largest absolute Gasteiger partial charge is 0.510 e. The van der Waals surface area contributed by atoms with E-state index in [1.165, 1.54) is 64.1 Å². The number of para-hydroxylation sites is 1. The number of esters is 1. The van der Waals surface area contributed by atoms with Crippen molar-refractivity contribution in [2.75, 3.05) is 0 Å². The van der Waals surface area contributed by atoms with E-state index >= 15 is 0 Å². The number of non-ortho nitro benzene ring substituents is 1. The number of hydrogen-bond donors (Lipinski definition) is 2. The highest BCUT2D eigenvalue weighted by molar-refractivity contribution is 8.77. The van der Waals surface area contributed by atoms with Gasteiger partial charge in [-0.3, -0.25) is 19.8 Å². The van der Waals surface area contributed by atoms with Gasteiger partial charge in [-0.15, -0.1) is 11.3 Å². The minimum Gasteiger partial charge on any atom is -0.510 e. The van der Waals surface area contributed by atoms with Crippen LogP contribution in [0.5, 0.6) is 0 Å². The molecule has 0 aliphatic carbocycles. The van der Waals surface area contributed by atoms with E-state index in [1.807, 2.05) is 24.3 Å². The van der Waals surface area contributed by atoms with Crippen molar-refractivity contribution < 1.29 is 29.5 Å². The molecule has 1 saturated heterocycles. The Labute approximate surface area is 246 Å². The quantitative estimate of drug-likeness (QED) is 0.0418. The summed E-state index contributed by atoms with van der Waals surface area (Å²) in [7, 11) is 2.56. The number of hydrogen-bond acceptors (Lipinski definition) is 11. The predicted octanol–water partition coefficient (Wildman–Crippen LogP) is 6.00. The number of aromatic nitrogens is 1. The molecule has 13 heteroatoms. The average Bonchev–Trinajstić information content (AvgIpc) is 3.39. The molecule has 1 fully saturated rings. The monoisotopic (exact) mass is 609 g/mol. The number of likely N-dealkylation sites (tertiary alicyclic amines) is 1. The van der Waals surface area contributed by atoms with Gasteiger partial charge < -0.3 is 14.9 Å². The number of nitro benzene ring substituents is 1. The molecule has 1 aliphatic heterocycles. The number of rotatable bonds is 10. The lowest BCUT2D eigenvalue weighted by atomic mass is 9.87. The van der Waals surface area contributed by atoms with Crippen LogP contribution in [0.4, 0.5) is 5.69 Å². The number of carbonyl (C=O) groups excluding carboxylic acids is 2. The first-order valence-corrected chi connectivity index (χ1v) is 15.3. The standard InChI is InChI=1S/C28H23N3O7S3/c1-16(32)23(27(35)38-15-17-11-13-19(14-12-17)31(36)37)30-25(34)22(24(33)18-7-3-2-4-8-18)26(30)40-41-28-29-20-9-5-6-10-21(20)39-28/h2-14,22,24,26,32-33H,15H2,1H3/b23-16+. The molecular formula is C28H23N3O7S3. The maximum atomic E-state index is 13.5. The van der Waals surface area contributed by atoms with Crippen molar-refractivity contribution in [1.29, 1.82) is 0 Å². The van der Waals surface area contributed by atoms with Gasteiger partial charge in [0.25, 0.3) is 5.69 Å². The number of allylic oxidation sites excluding steroid dienone is 1. The molecule has 41 heavy (non-hydrogen) atoms. The van der Waals surface area contributed by atoms with E-state index in [2.05, 4.69) is 4.98 Å². The SMILES string of the molecule is C/C(O)=C(/C(=O)OCc1ccc([N+](=O)[O-])cc1)N1C(=O)C(C(O)c2ccccc2)C1SSc1nc2ccccc2s1. The van der Waals surface area contributed by atoms with E-state index in [4.69, 9.17) is 4.74 Å². The Morgan fingerprint density at radius 3 is 2.46 bits per heavy atom. The van der Waals surface area contributed by atoms with Crippen molar-refractivity contribution in [3.05, 3.63) is 112 Å². The fourth-order valence-corrected chi connectivity index (χ4v) is 8.33. The molecule has 3 aromatic carbocycles. The number of β-lactam (4-membered cyclic amide) rings is 1. The lowest BCUT2D eigenvalue weighted by Crippen LogP contribution is -2.61. The van der Waals surface area contributed by atoms with Crippen molar-refractivity contribution in [2.24, 2.45) is 5.92 Å². The second-order valence-electron chi connectivity index (χ2n) is 9.04. The summed E-state index contributed by atoms with van der Waals surface area (Å²) in [5.41, 5.74) is 1.43. The summed E-state index contributed by atoms with van der Waals surface area (Å²) in [5, 5.41) is 31.8. The molecule has 3 atom stereocenters. The Hall–Kier alpha value is -3.91. The summed E-state index contributed by atoms with van der Waals surface area (Å²) in [6, 6.07) is 21.9. The molecule has 3 unspecified atom stereocenters. The van der Waals surface area contributed by atoms with Crippen LogP contribution in [0.3, 0.4) is 0 Å². The number of fused-ring (bicyclic) bond motifs is 1. The molecule has 1 amide bonds. The number of aliphatic hydroxyl groups is 2. The Bertz CT molecular complexity index is 1590. The zero-order chi connectivity index (χ0) is 29.1. The second-order valence-corrected chi connectivity index (χ2v) is 12.6. The molecule has 0 bridgehead atoms. The van der Waals surface area contributed by atoms with Crippen molar-refractivity contribution in [3.63, 3.8) is 0 Å². The van der Waals surface area contributed by atoms with Crippen molar-refractivity contribution >= 4 is 60.7 Å². The van der Waals surface area contributed by atoms with Gasteiger partial charge in [-0.25, -0.2) is 9.78 Å². The normalized spacial score (nSPS) is 18.0. The first-order valence-electron chi connectivity index (χ1n) is 12.3. The molecule has 0 saturated carbocycles. The predicted molar refractivity (Wildman–Crippen MR) is 157 cm³/mol. The fourth-order valence-electron chi connectivity index (χ4n) is 4.30. The Kier molecular flexibility index (Phi) is 8.59. The second kappa shape index (κ2) is 12.3. The Balaban J connectivity index is 1.37. The van der Waals surface area contributed by atoms with Crippen molar-refractivity contribution in [3.8, 4) is 0 Å². The number of aliphatic hydroxyl groups excluding tert-OH is 2. The highest BCUT2D eigenvalue weighted by Crippen LogP contribution is 2.51. The number of benzene rings is 3. The van der Waals surface area contributed by atoms with Crippen LogP contribution in [0, 0.1) is 16.0 Å². The number of nitro groups is 1. The van der Waals surface area contributed by atoms with E-state index < -0.39 is 40.0 Å². The van der Waals surface area contributed by atoms with Crippen LogP contribution >= 0.6 is 32.9 Å². The third kappa shape index (κ3) is 6.07. The molecule has 4 aromatic rings. The van der Waals surface area contributed by atoms with Crippen LogP contribution in [-0.4, -0.2) is 42.3 Å². The van der Waals surface area contributed by atoms with Crippen LogP contribution in [0.15, 0.2) is 94.7 Å². The molecule has 2 heterocycles. The fraction of sp³-hybridized carbons (Fsp3) is 0.179. The zero-order valence-corrected chi connectivity index (χ0v) is 23.9. The molecule has 2 N–H and O–H groups in total. The van der Waals surface area contributed by atoms with Gasteiger partial charge in [-0.2, -0.15) is 0 Å². The maximum absolute atomic E-state index is 13.5. The van der Waals surface area contributed by atoms with E-state index in [0.717, 1.165) is 19.5 Å². The summed E-state index contributed by atoms with van der Waals surface area (Å²) >= 11 is 1.48. The van der Waals surface area contributed by atoms with Crippen LogP contribution in [-0.2, 0) is 20.9 Å². The zero-order valence-electron chi connectivity index (χ0n) is 21.4. The van der Waals surface area contributed by atoms with Gasteiger partial charge >= 0.3 is 5.97 Å². The van der Waals surface area contributed by atoms with Gasteiger partial charge in [0.2, 0.25) is 5.91 Å². The van der Waals surface area contributed by atoms with E-state index in [0.29, 0.717) is 11.1 Å². The highest BCUT2D eigenvalue weighted by atomic mass is 33.1. The molecule has 0 radical (unpaired) electrons. The molecule has 10 nitrogen and oxygen atoms in total. The van der Waals surface area contributed by atoms with Crippen LogP contribution in [0.25, 0.3) is 10.2 Å². The molecule has 1 aliphatic rings. The van der Waals surface area contributed by atoms with E-state index in [1.54, 1.807) is 30.3 Å². The number of carbonyl (C=O) groups is 2. The van der Waals surface area contributed by atoms with E-state index in [9.17, 15) is 29.9 Å². The summed E-state index contributed by atoms with van der Waals surface area (Å²) in [4.78, 5) is 42.8. The minimum atomic E-state index is -1.15. The smallest absolute Gasteiger partial charge is 0.358 e. The summed E-state index contributed by atoms with van der Waals surface area (Å²) in [6.07, 6.45) is -1.15. The lowest BCUT2D eigenvalue weighted by molar-refractivity contribution is -0.384. The van der Waals surface area contributed by atoms with Gasteiger partial charge in [-0.05, 0) is 53.1 Å². The first kappa shape index (κ1) is 28.6. The van der Waals surface area contributed by atoms with Crippen LogP contribution in [0.1, 0.15) is 24.2 Å².